The van der Waals surface area contributed by atoms with E-state index < -0.39 is 102 Å². The van der Waals surface area contributed by atoms with Gasteiger partial charge in [0, 0.05) is 5.22 Å². The molecule has 0 atom stereocenters. The highest BCUT2D eigenvalue weighted by Gasteiger charge is 2.31. The quantitative estimate of drug-likeness (QED) is 0.0822. The van der Waals surface area contributed by atoms with E-state index in [1.165, 1.54) is 36.4 Å². The Morgan fingerprint density at radius 1 is 0.540 bits per heavy atom. The summed E-state index contributed by atoms with van der Waals surface area (Å²) < 4.78 is 149. The number of benzene rings is 5. The Morgan fingerprint density at radius 2 is 1.00 bits per heavy atom. The normalized spacial score (nSPS) is 12.0. The molecule has 14 heteroatoms. The van der Waals surface area contributed by atoms with Crippen LogP contribution in [0, 0.1) is 94.0 Å². The molecule has 5 rings (SSSR count). The largest absolute Gasteiger partial charge is 0.238 e. The lowest BCUT2D eigenvalue weighted by Gasteiger charge is -2.16. The molecule has 244 valence electrons. The lowest BCUT2D eigenvalue weighted by atomic mass is 9.89. The summed E-state index contributed by atoms with van der Waals surface area (Å²) in [6, 6.07) is 13.9. The van der Waals surface area contributed by atoms with Gasteiger partial charge in [-0.05, 0) is 51.7 Å². The third-order valence-electron chi connectivity index (χ3n) is 7.39. The summed E-state index contributed by atoms with van der Waals surface area (Å²) in [6.07, 6.45) is 0. The minimum absolute atomic E-state index is 0.0992. The van der Waals surface area contributed by atoms with Crippen LogP contribution in [0.15, 0.2) is 60.7 Å². The maximum atomic E-state index is 15.5. The molecular weight excluding hydrogens is 678 g/mol. The molecule has 5 aromatic carbocycles. The Labute approximate surface area is 274 Å². The van der Waals surface area contributed by atoms with Gasteiger partial charge < -0.3 is 0 Å². The molecular formula is C36H10F10N4. The molecule has 0 N–H and O–H groups in total. The molecule has 0 aromatic heterocycles. The molecule has 0 saturated carbocycles. The Balaban J connectivity index is 2.21. The second-order valence-corrected chi connectivity index (χ2v) is 10.1. The van der Waals surface area contributed by atoms with Crippen molar-refractivity contribution >= 4 is 17.0 Å². The van der Waals surface area contributed by atoms with Crippen molar-refractivity contribution in [2.45, 2.75) is 0 Å². The Kier molecular flexibility index (Phi) is 9.17. The van der Waals surface area contributed by atoms with Gasteiger partial charge in [0.15, 0.2) is 52.2 Å². The van der Waals surface area contributed by atoms with Gasteiger partial charge >= 0.3 is 0 Å². The summed E-state index contributed by atoms with van der Waals surface area (Å²) in [5, 5.41) is 17.9. The topological polar surface area (TPSA) is 56.3 Å². The van der Waals surface area contributed by atoms with Crippen LogP contribution in [0.5, 0.6) is 0 Å². The van der Waals surface area contributed by atoms with E-state index in [-0.39, 0.29) is 22.4 Å². The van der Waals surface area contributed by atoms with Crippen LogP contribution in [0.1, 0.15) is 16.7 Å². The Bertz CT molecular complexity index is 2370. The number of hydrogen-bond acceptors (Lipinski definition) is 2. The van der Waals surface area contributed by atoms with E-state index in [1.807, 2.05) is 0 Å². The third kappa shape index (κ3) is 5.55. The summed E-state index contributed by atoms with van der Waals surface area (Å²) in [5.74, 6) is -24.7. The molecule has 0 amide bonds. The molecule has 0 radical (unpaired) electrons. The predicted octanol–water partition coefficient (Wildman–Crippen LogP) is 8.63. The zero-order valence-electron chi connectivity index (χ0n) is 24.3. The molecule has 0 saturated heterocycles. The van der Waals surface area contributed by atoms with Crippen LogP contribution >= 0.6 is 0 Å². The summed E-state index contributed by atoms with van der Waals surface area (Å²) in [7, 11) is 0. The van der Waals surface area contributed by atoms with E-state index in [4.69, 9.17) is 13.1 Å². The number of nitriles is 2. The Morgan fingerprint density at radius 3 is 1.48 bits per heavy atom. The highest BCUT2D eigenvalue weighted by Crippen LogP contribution is 2.34. The van der Waals surface area contributed by atoms with Crippen LogP contribution < -0.4 is 10.4 Å². The van der Waals surface area contributed by atoms with Crippen LogP contribution in [0.2, 0.25) is 0 Å². The number of rotatable bonds is 4. The summed E-state index contributed by atoms with van der Waals surface area (Å²) >= 11 is 0. The van der Waals surface area contributed by atoms with Crippen molar-refractivity contribution in [2.75, 3.05) is 0 Å². The molecule has 0 fully saturated rings. The molecule has 0 spiro atoms. The van der Waals surface area contributed by atoms with Crippen molar-refractivity contribution in [2.24, 2.45) is 0 Å². The maximum Gasteiger partial charge on any atom is 0.202 e. The van der Waals surface area contributed by atoms with Gasteiger partial charge in [-0.25, -0.2) is 53.6 Å². The first-order valence-electron chi connectivity index (χ1n) is 13.5. The van der Waals surface area contributed by atoms with Crippen molar-refractivity contribution in [3.05, 3.63) is 169 Å². The zero-order valence-corrected chi connectivity index (χ0v) is 24.3. The molecule has 5 aromatic rings. The van der Waals surface area contributed by atoms with Gasteiger partial charge in [-0.1, -0.05) is 36.4 Å². The highest BCUT2D eigenvalue weighted by molar-refractivity contribution is 5.87. The van der Waals surface area contributed by atoms with Gasteiger partial charge in [0.2, 0.25) is 17.3 Å². The minimum Gasteiger partial charge on any atom is -0.238 e. The maximum absolute atomic E-state index is 15.5. The lowest BCUT2D eigenvalue weighted by molar-refractivity contribution is 0.381. The Hall–Kier alpha value is -6.90. The van der Waals surface area contributed by atoms with E-state index in [9.17, 15) is 36.9 Å². The monoisotopic (exact) mass is 688 g/mol. The fourth-order valence-corrected chi connectivity index (χ4v) is 5.13. The third-order valence-corrected chi connectivity index (χ3v) is 7.39. The van der Waals surface area contributed by atoms with Gasteiger partial charge in [-0.2, -0.15) is 10.5 Å². The average molecular weight is 688 g/mol. The van der Waals surface area contributed by atoms with Crippen molar-refractivity contribution in [1.29, 1.82) is 10.5 Å². The molecule has 0 aliphatic heterocycles. The fourth-order valence-electron chi connectivity index (χ4n) is 5.13. The predicted molar refractivity (Wildman–Crippen MR) is 157 cm³/mol. The number of hydrogen-bond donors (Lipinski definition) is 0. The van der Waals surface area contributed by atoms with Gasteiger partial charge in [-0.3, -0.25) is 0 Å². The SMILES string of the molecule is [C-]#[N+]/C(c1cccc(C#N)c1)=c1/cc(-c2c(F)c(F)c(F)c(F)c2F)/c(=C(\C#N)c2cccc([N+]#[C-])c2)cc1-c1c(F)c(F)c(F)c(F)c1F. The molecule has 0 heterocycles. The molecule has 0 unspecified atom stereocenters. The molecule has 0 aliphatic carbocycles. The van der Waals surface area contributed by atoms with Crippen molar-refractivity contribution in [1.82, 2.24) is 0 Å². The van der Waals surface area contributed by atoms with E-state index in [2.05, 4.69) is 9.69 Å². The number of nitrogens with zero attached hydrogens (tertiary/aromatic N) is 4. The second kappa shape index (κ2) is 13.3. The van der Waals surface area contributed by atoms with Crippen molar-refractivity contribution in [3.63, 3.8) is 0 Å². The van der Waals surface area contributed by atoms with Gasteiger partial charge in [0.25, 0.3) is 0 Å². The first kappa shape index (κ1) is 34.4. The standard InChI is InChI=1S/C36H10F10N4/c1-49-18-8-4-6-16(10-18)23(14-48)19-11-21(25-28(39)32(43)35(46)33(44)29(25)40)22(36(50-2)17-7-3-5-15(9-17)13-47)12-20(19)24-26(37)30(41)34(45)31(42)27(24)38/h3-12H/b23-19+,36-22-. The van der Waals surface area contributed by atoms with Crippen LogP contribution in [0.25, 0.3) is 43.2 Å². The summed E-state index contributed by atoms with van der Waals surface area (Å²) in [6.45, 7) is 15.1. The molecule has 4 nitrogen and oxygen atoms in total. The van der Waals surface area contributed by atoms with Gasteiger partial charge in [0.1, 0.15) is 6.07 Å². The first-order valence-corrected chi connectivity index (χ1v) is 13.5. The van der Waals surface area contributed by atoms with Gasteiger partial charge in [-0.15, -0.1) is 0 Å². The highest BCUT2D eigenvalue weighted by atomic mass is 19.2. The van der Waals surface area contributed by atoms with E-state index in [1.54, 1.807) is 12.1 Å². The van der Waals surface area contributed by atoms with Crippen molar-refractivity contribution in [3.8, 4) is 34.4 Å². The number of halogens is 10. The van der Waals surface area contributed by atoms with Crippen LogP contribution in [-0.2, 0) is 0 Å². The smallest absolute Gasteiger partial charge is 0.202 e. The van der Waals surface area contributed by atoms with Crippen LogP contribution in [0.4, 0.5) is 49.6 Å². The fraction of sp³-hybridized carbons (Fsp3) is 0. The second-order valence-electron chi connectivity index (χ2n) is 10.1. The summed E-state index contributed by atoms with van der Waals surface area (Å²) in [5.41, 5.74) is -7.65. The summed E-state index contributed by atoms with van der Waals surface area (Å²) in [4.78, 5) is 6.45. The van der Waals surface area contributed by atoms with E-state index in [0.717, 1.165) is 12.1 Å². The van der Waals surface area contributed by atoms with E-state index in [0.29, 0.717) is 12.1 Å². The average Bonchev–Trinajstić information content (AvgIpc) is 3.13. The first-order chi connectivity index (χ1) is 23.8. The van der Waals surface area contributed by atoms with Gasteiger partial charge in [0.05, 0.1) is 41.5 Å². The molecule has 0 bridgehead atoms. The zero-order chi connectivity index (χ0) is 36.6. The van der Waals surface area contributed by atoms with E-state index >= 15 is 17.6 Å². The molecule has 0 aliphatic rings. The van der Waals surface area contributed by atoms with Crippen LogP contribution in [0.3, 0.4) is 0 Å². The van der Waals surface area contributed by atoms with Crippen LogP contribution in [-0.4, -0.2) is 0 Å². The van der Waals surface area contributed by atoms with Crippen molar-refractivity contribution < 1.29 is 43.9 Å². The minimum atomic E-state index is -2.57. The lowest BCUT2D eigenvalue weighted by Crippen LogP contribution is -2.23. The molecule has 50 heavy (non-hydrogen) atoms.